The van der Waals surface area contributed by atoms with E-state index in [0.29, 0.717) is 5.69 Å². The van der Waals surface area contributed by atoms with E-state index in [4.69, 9.17) is 0 Å². The van der Waals surface area contributed by atoms with Crippen LogP contribution in [0, 0.1) is 5.82 Å². The lowest BCUT2D eigenvalue weighted by molar-refractivity contribution is 0.575. The third-order valence-electron chi connectivity index (χ3n) is 2.41. The fraction of sp³-hybridized carbons (Fsp3) is 0.182. The van der Waals surface area contributed by atoms with E-state index < -0.39 is 15.8 Å². The maximum atomic E-state index is 13.3. The van der Waals surface area contributed by atoms with E-state index in [1.54, 1.807) is 24.0 Å². The van der Waals surface area contributed by atoms with Crippen LogP contribution >= 0.6 is 15.9 Å². The number of nitrogens with one attached hydrogen (secondary N) is 1. The molecule has 0 aliphatic heterocycles. The summed E-state index contributed by atoms with van der Waals surface area (Å²) in [7, 11) is -2.01. The molecule has 0 fully saturated rings. The molecule has 0 aliphatic rings. The van der Waals surface area contributed by atoms with Gasteiger partial charge in [-0.25, -0.2) is 17.5 Å². The summed E-state index contributed by atoms with van der Waals surface area (Å²) in [6.07, 6.45) is 1.71. The van der Waals surface area contributed by atoms with E-state index in [-0.39, 0.29) is 15.9 Å². The Bertz CT molecular complexity index is 700. The smallest absolute Gasteiger partial charge is 0.241 e. The number of rotatable bonds is 4. The first-order valence-corrected chi connectivity index (χ1v) is 7.59. The minimum absolute atomic E-state index is 0.0564. The highest BCUT2D eigenvalue weighted by atomic mass is 79.9. The van der Waals surface area contributed by atoms with Crippen LogP contribution in [0.1, 0.15) is 5.69 Å². The van der Waals surface area contributed by atoms with Gasteiger partial charge in [0.05, 0.1) is 21.6 Å². The van der Waals surface area contributed by atoms with Crippen molar-refractivity contribution in [2.24, 2.45) is 7.05 Å². The molecule has 1 aromatic heterocycles. The van der Waals surface area contributed by atoms with Gasteiger partial charge in [-0.15, -0.1) is 0 Å². The summed E-state index contributed by atoms with van der Waals surface area (Å²) >= 11 is 2.97. The molecule has 0 spiro atoms. The molecule has 5 nitrogen and oxygen atoms in total. The molecule has 1 heterocycles. The normalized spacial score (nSPS) is 11.7. The standard InChI is InChI=1S/C11H11BrFN3O2S/c1-16-5-4-8(15-16)7-14-19(17,18)9-2-3-10(12)11(13)6-9/h2-6,14H,7H2,1H3. The summed E-state index contributed by atoms with van der Waals surface area (Å²) in [6, 6.07) is 5.34. The largest absolute Gasteiger partial charge is 0.276 e. The van der Waals surface area contributed by atoms with Crippen LogP contribution in [0.4, 0.5) is 4.39 Å². The molecule has 0 saturated heterocycles. The number of hydrogen-bond acceptors (Lipinski definition) is 3. The predicted molar refractivity (Wildman–Crippen MR) is 71.3 cm³/mol. The maximum absolute atomic E-state index is 13.3. The zero-order valence-electron chi connectivity index (χ0n) is 9.97. The van der Waals surface area contributed by atoms with Gasteiger partial charge < -0.3 is 0 Å². The Morgan fingerprint density at radius 3 is 2.74 bits per heavy atom. The molecular weight excluding hydrogens is 337 g/mol. The molecule has 1 aromatic carbocycles. The molecule has 2 rings (SSSR count). The van der Waals surface area contributed by atoms with Gasteiger partial charge in [-0.2, -0.15) is 5.10 Å². The van der Waals surface area contributed by atoms with E-state index in [1.165, 1.54) is 12.1 Å². The summed E-state index contributed by atoms with van der Waals surface area (Å²) in [5.74, 6) is -0.624. The average molecular weight is 348 g/mol. The van der Waals surface area contributed by atoms with Crippen LogP contribution in [-0.4, -0.2) is 18.2 Å². The van der Waals surface area contributed by atoms with Crippen molar-refractivity contribution in [3.05, 3.63) is 46.4 Å². The van der Waals surface area contributed by atoms with E-state index in [1.807, 2.05) is 0 Å². The number of benzene rings is 1. The van der Waals surface area contributed by atoms with Crippen molar-refractivity contribution in [2.45, 2.75) is 11.4 Å². The Morgan fingerprint density at radius 1 is 1.42 bits per heavy atom. The van der Waals surface area contributed by atoms with Crippen molar-refractivity contribution in [3.8, 4) is 0 Å². The molecule has 2 aromatic rings. The SMILES string of the molecule is Cn1ccc(CNS(=O)(=O)c2ccc(Br)c(F)c2)n1. The van der Waals surface area contributed by atoms with Gasteiger partial charge in [0.2, 0.25) is 10.0 Å². The molecule has 0 atom stereocenters. The lowest BCUT2D eigenvalue weighted by atomic mass is 10.3. The van der Waals surface area contributed by atoms with Gasteiger partial charge in [-0.3, -0.25) is 4.68 Å². The molecule has 0 unspecified atom stereocenters. The molecular formula is C11H11BrFN3O2S. The van der Waals surface area contributed by atoms with Crippen molar-refractivity contribution in [3.63, 3.8) is 0 Å². The van der Waals surface area contributed by atoms with Crippen molar-refractivity contribution in [2.75, 3.05) is 0 Å². The number of aromatic nitrogens is 2. The topological polar surface area (TPSA) is 64.0 Å². The summed E-state index contributed by atoms with van der Waals surface area (Å²) in [5, 5.41) is 4.05. The first kappa shape index (κ1) is 14.2. The Kier molecular flexibility index (Phi) is 4.02. The molecule has 0 radical (unpaired) electrons. The Morgan fingerprint density at radius 2 is 2.16 bits per heavy atom. The van der Waals surface area contributed by atoms with Crippen LogP contribution in [0.3, 0.4) is 0 Å². The fourth-order valence-electron chi connectivity index (χ4n) is 1.45. The number of sulfonamides is 1. The van der Waals surface area contributed by atoms with Gasteiger partial charge in [-0.05, 0) is 40.2 Å². The summed E-state index contributed by atoms with van der Waals surface area (Å²) < 4.78 is 41.4. The fourth-order valence-corrected chi connectivity index (χ4v) is 2.71. The van der Waals surface area contributed by atoms with Crippen molar-refractivity contribution >= 4 is 26.0 Å². The minimum atomic E-state index is -3.75. The highest BCUT2D eigenvalue weighted by molar-refractivity contribution is 9.10. The third-order valence-corrected chi connectivity index (χ3v) is 4.46. The van der Waals surface area contributed by atoms with Gasteiger partial charge >= 0.3 is 0 Å². The van der Waals surface area contributed by atoms with Crippen LogP contribution in [0.25, 0.3) is 0 Å². The molecule has 8 heteroatoms. The van der Waals surface area contributed by atoms with E-state index >= 15 is 0 Å². The second kappa shape index (κ2) is 5.40. The second-order valence-corrected chi connectivity index (χ2v) is 6.50. The molecule has 0 bridgehead atoms. The maximum Gasteiger partial charge on any atom is 0.241 e. The summed E-state index contributed by atoms with van der Waals surface area (Å²) in [4.78, 5) is -0.121. The number of halogens is 2. The lowest BCUT2D eigenvalue weighted by Gasteiger charge is -2.06. The third kappa shape index (κ3) is 3.40. The van der Waals surface area contributed by atoms with Crippen LogP contribution in [0.2, 0.25) is 0 Å². The van der Waals surface area contributed by atoms with Gasteiger partial charge in [0.15, 0.2) is 0 Å². The zero-order valence-corrected chi connectivity index (χ0v) is 12.4. The molecule has 0 saturated carbocycles. The van der Waals surface area contributed by atoms with Gasteiger partial charge in [0, 0.05) is 13.2 Å². The van der Waals surface area contributed by atoms with Crippen LogP contribution in [0.5, 0.6) is 0 Å². The number of hydrogen-bond donors (Lipinski definition) is 1. The first-order chi connectivity index (χ1) is 8.88. The van der Waals surface area contributed by atoms with Gasteiger partial charge in [0.25, 0.3) is 0 Å². The molecule has 1 N–H and O–H groups in total. The zero-order chi connectivity index (χ0) is 14.0. The Hall–Kier alpha value is -1.25. The minimum Gasteiger partial charge on any atom is -0.276 e. The Labute approximate surface area is 118 Å². The predicted octanol–water partition coefficient (Wildman–Crippen LogP) is 1.80. The Balaban J connectivity index is 2.16. The van der Waals surface area contributed by atoms with E-state index in [9.17, 15) is 12.8 Å². The molecule has 102 valence electrons. The van der Waals surface area contributed by atoms with E-state index in [2.05, 4.69) is 25.8 Å². The van der Waals surface area contributed by atoms with Crippen molar-refractivity contribution in [1.29, 1.82) is 0 Å². The molecule has 0 amide bonds. The van der Waals surface area contributed by atoms with Crippen molar-refractivity contribution in [1.82, 2.24) is 14.5 Å². The highest BCUT2D eigenvalue weighted by Gasteiger charge is 2.16. The summed E-state index contributed by atoms with van der Waals surface area (Å²) in [6.45, 7) is 0.0564. The highest BCUT2D eigenvalue weighted by Crippen LogP contribution is 2.19. The van der Waals surface area contributed by atoms with Crippen molar-refractivity contribution < 1.29 is 12.8 Å². The van der Waals surface area contributed by atoms with Crippen LogP contribution < -0.4 is 4.72 Å². The average Bonchev–Trinajstić information content (AvgIpc) is 2.76. The summed E-state index contributed by atoms with van der Waals surface area (Å²) in [5.41, 5.74) is 0.587. The number of aryl methyl sites for hydroxylation is 1. The van der Waals surface area contributed by atoms with E-state index in [0.717, 1.165) is 6.07 Å². The molecule has 0 aliphatic carbocycles. The van der Waals surface area contributed by atoms with Gasteiger partial charge in [-0.1, -0.05) is 0 Å². The van der Waals surface area contributed by atoms with Gasteiger partial charge in [0.1, 0.15) is 5.82 Å². The van der Waals surface area contributed by atoms with Crippen LogP contribution in [0.15, 0.2) is 39.8 Å². The second-order valence-electron chi connectivity index (χ2n) is 3.88. The lowest BCUT2D eigenvalue weighted by Crippen LogP contribution is -2.23. The quantitative estimate of drug-likeness (QED) is 0.917. The molecule has 19 heavy (non-hydrogen) atoms. The monoisotopic (exact) mass is 347 g/mol. The number of nitrogens with zero attached hydrogens (tertiary/aromatic N) is 2. The first-order valence-electron chi connectivity index (χ1n) is 5.32. The van der Waals surface area contributed by atoms with Crippen LogP contribution in [-0.2, 0) is 23.6 Å².